The van der Waals surface area contributed by atoms with Crippen LogP contribution in [0.2, 0.25) is 0 Å². The summed E-state index contributed by atoms with van der Waals surface area (Å²) in [7, 11) is 0. The lowest BCUT2D eigenvalue weighted by atomic mass is 9.86. The highest BCUT2D eigenvalue weighted by molar-refractivity contribution is 5.88. The second kappa shape index (κ2) is 10.9. The molecule has 0 spiro atoms. The number of pyridine rings is 2. The maximum Gasteiger partial charge on any atom is 0.245 e. The Balaban J connectivity index is 1.26. The number of rotatable bonds is 8. The van der Waals surface area contributed by atoms with E-state index in [1.165, 1.54) is 18.7 Å². The van der Waals surface area contributed by atoms with Crippen molar-refractivity contribution < 1.29 is 13.9 Å². The van der Waals surface area contributed by atoms with Gasteiger partial charge in [-0.1, -0.05) is 13.5 Å². The Morgan fingerprint density at radius 1 is 1.22 bits per heavy atom. The van der Waals surface area contributed by atoms with Crippen molar-refractivity contribution in [1.29, 1.82) is 0 Å². The van der Waals surface area contributed by atoms with Gasteiger partial charge in [0.15, 0.2) is 17.3 Å². The minimum absolute atomic E-state index is 0.0427. The van der Waals surface area contributed by atoms with E-state index >= 15 is 4.39 Å². The number of ether oxygens (including phenoxy) is 1. The molecule has 0 saturated carbocycles. The second-order valence-electron chi connectivity index (χ2n) is 10.1. The molecule has 6 rings (SSSR count). The molecule has 2 atom stereocenters. The van der Waals surface area contributed by atoms with Crippen LogP contribution >= 0.6 is 0 Å². The van der Waals surface area contributed by atoms with Crippen LogP contribution in [-0.2, 0) is 4.79 Å². The minimum atomic E-state index is -0.460. The predicted molar refractivity (Wildman–Crippen MR) is 153 cm³/mol. The van der Waals surface area contributed by atoms with Crippen LogP contribution in [0.25, 0.3) is 16.7 Å². The number of halogens is 1. The molecule has 1 aromatic carbocycles. The minimum Gasteiger partial charge on any atom is -0.457 e. The maximum atomic E-state index is 15.6. The molecule has 41 heavy (non-hydrogen) atoms. The lowest BCUT2D eigenvalue weighted by Crippen LogP contribution is -2.27. The fraction of sp³-hybridized carbons (Fsp3) is 0.267. The number of hydrogen-bond donors (Lipinski definition) is 1. The molecular weight excluding hydrogens is 523 g/mol. The van der Waals surface area contributed by atoms with Crippen LogP contribution in [0.15, 0.2) is 67.9 Å². The molecular formula is C30H29FN8O2. The summed E-state index contributed by atoms with van der Waals surface area (Å²) >= 11 is 0. The van der Waals surface area contributed by atoms with Gasteiger partial charge in [-0.2, -0.15) is 5.10 Å². The van der Waals surface area contributed by atoms with Gasteiger partial charge in [-0.05, 0) is 62.1 Å². The van der Waals surface area contributed by atoms with Gasteiger partial charge in [-0.15, -0.1) is 0 Å². The number of likely N-dealkylation sites (tertiary alicyclic amines) is 1. The predicted octanol–water partition coefficient (Wildman–Crippen LogP) is 5.58. The average Bonchev–Trinajstić information content (AvgIpc) is 3.67. The molecule has 5 heterocycles. The zero-order valence-corrected chi connectivity index (χ0v) is 22.8. The van der Waals surface area contributed by atoms with Gasteiger partial charge in [-0.25, -0.2) is 28.8 Å². The number of anilines is 2. The largest absolute Gasteiger partial charge is 0.457 e. The van der Waals surface area contributed by atoms with E-state index in [9.17, 15) is 4.79 Å². The molecule has 1 aliphatic heterocycles. The molecule has 2 unspecified atom stereocenters. The quantitative estimate of drug-likeness (QED) is 0.249. The number of hydrogen-bond acceptors (Lipinski definition) is 8. The normalized spacial score (nSPS) is 15.8. The highest BCUT2D eigenvalue weighted by Gasteiger charge is 2.32. The molecule has 1 saturated heterocycles. The highest BCUT2D eigenvalue weighted by atomic mass is 19.1. The van der Waals surface area contributed by atoms with Crippen molar-refractivity contribution in [1.82, 2.24) is 34.4 Å². The first-order valence-electron chi connectivity index (χ1n) is 13.5. The van der Waals surface area contributed by atoms with Crippen molar-refractivity contribution in [3.63, 3.8) is 0 Å². The molecule has 1 amide bonds. The van der Waals surface area contributed by atoms with Crippen molar-refractivity contribution in [3.05, 3.63) is 85.0 Å². The number of carbonyl (C=O) groups is 1. The van der Waals surface area contributed by atoms with Crippen LogP contribution in [0.1, 0.15) is 36.9 Å². The fourth-order valence-corrected chi connectivity index (χ4v) is 5.47. The van der Waals surface area contributed by atoms with Gasteiger partial charge in [0, 0.05) is 42.5 Å². The molecule has 1 fully saturated rings. The lowest BCUT2D eigenvalue weighted by Gasteiger charge is -2.22. The van der Waals surface area contributed by atoms with Crippen molar-refractivity contribution in [3.8, 4) is 11.5 Å². The molecule has 10 nitrogen and oxygen atoms in total. The summed E-state index contributed by atoms with van der Waals surface area (Å²) in [6, 6.07) is 10.7. The Labute approximate surface area is 235 Å². The lowest BCUT2D eigenvalue weighted by molar-refractivity contribution is -0.125. The van der Waals surface area contributed by atoms with E-state index in [1.54, 1.807) is 41.9 Å². The van der Waals surface area contributed by atoms with Gasteiger partial charge in [0.25, 0.3) is 0 Å². The third kappa shape index (κ3) is 5.06. The number of fused-ring (bicyclic) bond motifs is 2. The van der Waals surface area contributed by atoms with Crippen molar-refractivity contribution in [2.45, 2.75) is 32.6 Å². The third-order valence-electron chi connectivity index (χ3n) is 7.67. The van der Waals surface area contributed by atoms with E-state index in [2.05, 4.69) is 38.9 Å². The van der Waals surface area contributed by atoms with Gasteiger partial charge in [-0.3, -0.25) is 4.79 Å². The molecule has 208 valence electrons. The van der Waals surface area contributed by atoms with Crippen LogP contribution in [0.4, 0.5) is 15.9 Å². The molecule has 0 bridgehead atoms. The topological polar surface area (TPSA) is 110 Å². The monoisotopic (exact) mass is 552 g/mol. The molecule has 1 aliphatic rings. The molecule has 5 aromatic rings. The van der Waals surface area contributed by atoms with E-state index in [0.717, 1.165) is 18.5 Å². The Hall–Kier alpha value is -4.93. The third-order valence-corrected chi connectivity index (χ3v) is 7.67. The summed E-state index contributed by atoms with van der Waals surface area (Å²) in [4.78, 5) is 31.8. The summed E-state index contributed by atoms with van der Waals surface area (Å²) in [6.45, 7) is 8.78. The Morgan fingerprint density at radius 3 is 2.93 bits per heavy atom. The van der Waals surface area contributed by atoms with Gasteiger partial charge < -0.3 is 15.0 Å². The maximum absolute atomic E-state index is 15.6. The number of nitrogens with zero attached hydrogens (tertiary/aromatic N) is 7. The molecule has 0 aliphatic carbocycles. The zero-order chi connectivity index (χ0) is 28.5. The molecule has 11 heteroatoms. The van der Waals surface area contributed by atoms with Gasteiger partial charge in [0.1, 0.15) is 29.7 Å². The zero-order valence-electron chi connectivity index (χ0n) is 22.8. The smallest absolute Gasteiger partial charge is 0.245 e. The number of carbonyl (C=O) groups excluding carboxylic acids is 1. The number of amides is 1. The van der Waals surface area contributed by atoms with Crippen molar-refractivity contribution in [2.24, 2.45) is 5.92 Å². The van der Waals surface area contributed by atoms with Crippen LogP contribution in [-0.4, -0.2) is 53.4 Å². The van der Waals surface area contributed by atoms with Gasteiger partial charge >= 0.3 is 0 Å². The Bertz CT molecular complexity index is 1770. The summed E-state index contributed by atoms with van der Waals surface area (Å²) in [6.07, 6.45) is 7.75. The van der Waals surface area contributed by atoms with E-state index in [0.29, 0.717) is 52.7 Å². The summed E-state index contributed by atoms with van der Waals surface area (Å²) in [5.74, 6) is 1.26. The second-order valence-corrected chi connectivity index (χ2v) is 10.1. The summed E-state index contributed by atoms with van der Waals surface area (Å²) in [5, 5.41) is 7.19. The van der Waals surface area contributed by atoms with E-state index in [4.69, 9.17) is 9.72 Å². The van der Waals surface area contributed by atoms with Crippen LogP contribution < -0.4 is 10.1 Å². The van der Waals surface area contributed by atoms with Crippen molar-refractivity contribution >= 4 is 34.1 Å². The summed E-state index contributed by atoms with van der Waals surface area (Å²) in [5.41, 5.74) is 3.32. The Morgan fingerprint density at radius 2 is 2.10 bits per heavy atom. The SMILES string of the molecule is C=CC(=O)N1CCC(C(CC)c2ccc3ncnc(Nc4ccc(Oc5ccn6ncnc6c5)c(C)c4F)c3n2)C1. The number of nitrogens with one attached hydrogen (secondary N) is 1. The van der Waals surface area contributed by atoms with Gasteiger partial charge in [0.2, 0.25) is 5.91 Å². The van der Waals surface area contributed by atoms with Crippen LogP contribution in [0.5, 0.6) is 11.5 Å². The van der Waals surface area contributed by atoms with Crippen molar-refractivity contribution in [2.75, 3.05) is 18.4 Å². The van der Waals surface area contributed by atoms with Crippen LogP contribution in [0, 0.1) is 18.7 Å². The first-order valence-corrected chi connectivity index (χ1v) is 13.5. The van der Waals surface area contributed by atoms with E-state index in [-0.39, 0.29) is 23.4 Å². The average molecular weight is 553 g/mol. The molecule has 1 N–H and O–H groups in total. The van der Waals surface area contributed by atoms with Gasteiger partial charge in [0.05, 0.1) is 11.2 Å². The van der Waals surface area contributed by atoms with E-state index < -0.39 is 5.82 Å². The Kier molecular flexibility index (Phi) is 7.00. The standard InChI is InChI=1S/C30H29FN8O2/c1-4-21(19-10-12-38(15-19)27(40)5-2)22-6-7-24-29(36-22)30(34-16-32-24)37-23-8-9-25(18(3)28(23)31)41-20-11-13-39-26(14-20)33-17-35-39/h5-9,11,13-14,16-17,19,21H,2,4,10,12,15H2,1,3H3,(H,32,34,37). The number of aromatic nitrogens is 6. The van der Waals surface area contributed by atoms with Crippen LogP contribution in [0.3, 0.4) is 0 Å². The summed E-state index contributed by atoms with van der Waals surface area (Å²) < 4.78 is 23.2. The first kappa shape index (κ1) is 26.3. The number of benzene rings is 1. The molecule has 4 aromatic heterocycles. The first-order chi connectivity index (χ1) is 19.9. The highest BCUT2D eigenvalue weighted by Crippen LogP contribution is 2.36. The van der Waals surface area contributed by atoms with E-state index in [1.807, 2.05) is 17.0 Å². The molecule has 0 radical (unpaired) electrons. The fourth-order valence-electron chi connectivity index (χ4n) is 5.47.